The minimum absolute atomic E-state index is 0.00377. The van der Waals surface area contributed by atoms with E-state index in [1.807, 2.05) is 0 Å². The molecule has 2 rings (SSSR count). The predicted octanol–water partition coefficient (Wildman–Crippen LogP) is -0.671. The zero-order chi connectivity index (χ0) is 16.8. The van der Waals surface area contributed by atoms with Gasteiger partial charge >= 0.3 is 13.1 Å². The van der Waals surface area contributed by atoms with E-state index in [0.29, 0.717) is 5.56 Å². The first kappa shape index (κ1) is 17.3. The van der Waals surface area contributed by atoms with Gasteiger partial charge in [0.25, 0.3) is 0 Å². The van der Waals surface area contributed by atoms with Crippen LogP contribution in [0.2, 0.25) is 0 Å². The number of hydrogen-bond donors (Lipinski definition) is 4. The van der Waals surface area contributed by atoms with Crippen molar-refractivity contribution in [3.8, 4) is 5.75 Å². The molecule has 0 unspecified atom stereocenters. The summed E-state index contributed by atoms with van der Waals surface area (Å²) in [4.78, 5) is 22.7. The Bertz CT molecular complexity index is 568. The van der Waals surface area contributed by atoms with E-state index < -0.39 is 31.0 Å². The first-order valence-electron chi connectivity index (χ1n) is 7.15. The number of carboxylic acids is 1. The van der Waals surface area contributed by atoms with E-state index >= 15 is 0 Å². The van der Waals surface area contributed by atoms with E-state index in [1.165, 1.54) is 6.07 Å². The first-order valence-corrected chi connectivity index (χ1v) is 7.15. The third kappa shape index (κ3) is 5.24. The minimum Gasteiger partial charge on any atom is -0.508 e. The van der Waals surface area contributed by atoms with Gasteiger partial charge in [-0.05, 0) is 6.07 Å². The Morgan fingerprint density at radius 1 is 1.30 bits per heavy atom. The van der Waals surface area contributed by atoms with Crippen LogP contribution in [0.4, 0.5) is 0 Å². The number of carboxylic acid groups (broad SMARTS) is 1. The van der Waals surface area contributed by atoms with Crippen LogP contribution in [0.15, 0.2) is 24.3 Å². The third-order valence-electron chi connectivity index (χ3n) is 3.37. The average molecular weight is 323 g/mol. The molecule has 124 valence electrons. The highest BCUT2D eigenvalue weighted by atomic mass is 16.6. The largest absolute Gasteiger partial charge is 0.508 e. The molecule has 1 aromatic rings. The molecular formula is C14H18BNO7. The number of carbonyl (C=O) groups excluding carboxylic acids is 1. The molecule has 1 fully saturated rings. The normalized spacial score (nSPS) is 21.5. The molecule has 4 N–H and O–H groups in total. The van der Waals surface area contributed by atoms with Crippen molar-refractivity contribution in [2.75, 3.05) is 13.2 Å². The lowest BCUT2D eigenvalue weighted by Crippen LogP contribution is -2.50. The van der Waals surface area contributed by atoms with Gasteiger partial charge in [-0.2, -0.15) is 0 Å². The van der Waals surface area contributed by atoms with Gasteiger partial charge in [-0.15, -0.1) is 0 Å². The molecule has 0 saturated carbocycles. The number of hydrogen-bond acceptors (Lipinski definition) is 6. The number of aliphatic carboxylic acids is 1. The van der Waals surface area contributed by atoms with Gasteiger partial charge in [0.05, 0.1) is 38.1 Å². The van der Waals surface area contributed by atoms with Crippen LogP contribution in [-0.2, 0) is 25.4 Å². The van der Waals surface area contributed by atoms with Crippen molar-refractivity contribution in [3.63, 3.8) is 0 Å². The fourth-order valence-electron chi connectivity index (χ4n) is 2.25. The molecule has 1 saturated heterocycles. The molecule has 0 radical (unpaired) electrons. The lowest BCUT2D eigenvalue weighted by Gasteiger charge is -2.19. The van der Waals surface area contributed by atoms with Gasteiger partial charge < -0.3 is 29.9 Å². The Labute approximate surface area is 133 Å². The monoisotopic (exact) mass is 323 g/mol. The van der Waals surface area contributed by atoms with Crippen molar-refractivity contribution in [2.24, 2.45) is 0 Å². The van der Waals surface area contributed by atoms with Crippen LogP contribution in [0.3, 0.4) is 0 Å². The predicted molar refractivity (Wildman–Crippen MR) is 79.7 cm³/mol. The van der Waals surface area contributed by atoms with Gasteiger partial charge in [0.2, 0.25) is 5.91 Å². The Kier molecular flexibility index (Phi) is 5.97. The molecule has 9 heteroatoms. The third-order valence-corrected chi connectivity index (χ3v) is 3.37. The molecule has 1 heterocycles. The Morgan fingerprint density at radius 2 is 2.04 bits per heavy atom. The first-order chi connectivity index (χ1) is 11.0. The number of carbonyl (C=O) groups is 2. The van der Waals surface area contributed by atoms with Crippen LogP contribution in [-0.4, -0.2) is 59.5 Å². The van der Waals surface area contributed by atoms with Crippen molar-refractivity contribution in [2.45, 2.75) is 24.9 Å². The van der Waals surface area contributed by atoms with Crippen LogP contribution < -0.4 is 5.32 Å². The number of ether oxygens (including phenoxy) is 1. The van der Waals surface area contributed by atoms with Crippen LogP contribution in [0.5, 0.6) is 5.75 Å². The summed E-state index contributed by atoms with van der Waals surface area (Å²) in [6.45, 7) is 0.0268. The van der Waals surface area contributed by atoms with Gasteiger partial charge in [-0.3, -0.25) is 9.59 Å². The SMILES string of the molecule is O=C(O)C[C@H]1COC[C@H](NC(=O)Cc2ccccc2O)B(O)O1. The maximum absolute atomic E-state index is 12.0. The molecule has 1 amide bonds. The molecule has 0 spiro atoms. The van der Waals surface area contributed by atoms with Crippen molar-refractivity contribution < 1.29 is 34.2 Å². The molecule has 23 heavy (non-hydrogen) atoms. The number of amides is 1. The number of para-hydroxylation sites is 1. The molecule has 0 aromatic heterocycles. The van der Waals surface area contributed by atoms with E-state index in [0.717, 1.165) is 0 Å². The van der Waals surface area contributed by atoms with E-state index in [9.17, 15) is 19.7 Å². The lowest BCUT2D eigenvalue weighted by atomic mass is 9.79. The zero-order valence-corrected chi connectivity index (χ0v) is 12.3. The number of rotatable bonds is 5. The van der Waals surface area contributed by atoms with Crippen LogP contribution >= 0.6 is 0 Å². The molecule has 0 aliphatic carbocycles. The summed E-state index contributed by atoms with van der Waals surface area (Å²) in [5.74, 6) is -2.28. The number of nitrogens with one attached hydrogen (secondary N) is 1. The summed E-state index contributed by atoms with van der Waals surface area (Å²) in [7, 11) is -1.37. The highest BCUT2D eigenvalue weighted by molar-refractivity contribution is 6.45. The van der Waals surface area contributed by atoms with Gasteiger partial charge in [-0.25, -0.2) is 0 Å². The summed E-state index contributed by atoms with van der Waals surface area (Å²) < 4.78 is 10.4. The lowest BCUT2D eigenvalue weighted by molar-refractivity contribution is -0.139. The Balaban J connectivity index is 1.90. The van der Waals surface area contributed by atoms with Crippen LogP contribution in [0.25, 0.3) is 0 Å². The van der Waals surface area contributed by atoms with Crippen molar-refractivity contribution >= 4 is 19.0 Å². The van der Waals surface area contributed by atoms with Crippen molar-refractivity contribution in [3.05, 3.63) is 29.8 Å². The van der Waals surface area contributed by atoms with E-state index in [2.05, 4.69) is 5.32 Å². The quantitative estimate of drug-likeness (QED) is 0.530. The topological polar surface area (TPSA) is 125 Å². The molecule has 1 aromatic carbocycles. The number of benzene rings is 1. The average Bonchev–Trinajstić information content (AvgIpc) is 2.63. The highest BCUT2D eigenvalue weighted by Gasteiger charge is 2.35. The van der Waals surface area contributed by atoms with E-state index in [1.54, 1.807) is 18.2 Å². The summed E-state index contributed by atoms with van der Waals surface area (Å²) in [5.41, 5.74) is 0.457. The maximum Gasteiger partial charge on any atom is 0.480 e. The van der Waals surface area contributed by atoms with Gasteiger partial charge in [0.1, 0.15) is 5.75 Å². The standard InChI is InChI=1S/C14H18BNO7/c17-11-4-2-1-3-9(11)5-13(18)16-12-8-22-7-10(6-14(19)20)23-15(12)21/h1-4,10,12,17,21H,5-8H2,(H,16,18)(H,19,20)/t10-,12-/m0/s1. The molecule has 8 nitrogen and oxygen atoms in total. The summed E-state index contributed by atoms with van der Waals surface area (Å²) in [6.07, 6.45) is -1.13. The second kappa shape index (κ2) is 7.95. The second-order valence-corrected chi connectivity index (χ2v) is 5.26. The fraction of sp³-hybridized carbons (Fsp3) is 0.429. The molecule has 1 aliphatic heterocycles. The maximum atomic E-state index is 12.0. The van der Waals surface area contributed by atoms with E-state index in [4.69, 9.17) is 14.5 Å². The van der Waals surface area contributed by atoms with Crippen molar-refractivity contribution in [1.29, 1.82) is 0 Å². The molecule has 1 aliphatic rings. The number of phenolic OH excluding ortho intramolecular Hbond substituents is 1. The summed E-state index contributed by atoms with van der Waals surface area (Å²) in [6, 6.07) is 6.45. The molecule has 0 bridgehead atoms. The number of phenols is 1. The van der Waals surface area contributed by atoms with E-state index in [-0.39, 0.29) is 31.8 Å². The molecular weight excluding hydrogens is 305 g/mol. The highest BCUT2D eigenvalue weighted by Crippen LogP contribution is 2.16. The smallest absolute Gasteiger partial charge is 0.480 e. The van der Waals surface area contributed by atoms with Crippen molar-refractivity contribution in [1.82, 2.24) is 5.32 Å². The molecule has 2 atom stereocenters. The summed E-state index contributed by atoms with van der Waals surface area (Å²) >= 11 is 0. The Morgan fingerprint density at radius 3 is 2.74 bits per heavy atom. The summed E-state index contributed by atoms with van der Waals surface area (Å²) in [5, 5.41) is 30.9. The van der Waals surface area contributed by atoms with Gasteiger partial charge in [0.15, 0.2) is 0 Å². The van der Waals surface area contributed by atoms with Crippen LogP contribution in [0.1, 0.15) is 12.0 Å². The Hall–Kier alpha value is -2.10. The fourth-order valence-corrected chi connectivity index (χ4v) is 2.25. The minimum atomic E-state index is -1.37. The van der Waals surface area contributed by atoms with Crippen LogP contribution in [0, 0.1) is 0 Å². The number of aromatic hydroxyl groups is 1. The van der Waals surface area contributed by atoms with Gasteiger partial charge in [-0.1, -0.05) is 18.2 Å². The van der Waals surface area contributed by atoms with Gasteiger partial charge in [0, 0.05) is 5.56 Å². The zero-order valence-electron chi connectivity index (χ0n) is 12.3. The second-order valence-electron chi connectivity index (χ2n) is 5.26.